The maximum Gasteiger partial charge on any atom is 0.297 e. The highest BCUT2D eigenvalue weighted by Crippen LogP contribution is 2.35. The number of ether oxygens (including phenoxy) is 2. The Morgan fingerprint density at radius 1 is 1.47 bits per heavy atom. The first-order chi connectivity index (χ1) is 8.11. The van der Waals surface area contributed by atoms with E-state index in [0.717, 1.165) is 0 Å². The van der Waals surface area contributed by atoms with Gasteiger partial charge in [-0.3, -0.25) is 4.90 Å². The van der Waals surface area contributed by atoms with E-state index in [1.54, 1.807) is 18.0 Å². The smallest absolute Gasteiger partial charge is 0.297 e. The van der Waals surface area contributed by atoms with Crippen LogP contribution in [-0.2, 0) is 9.47 Å². The normalized spacial score (nSPS) is 43.8. The molecular weight excluding hydrogens is 228 g/mol. The first-order valence-electron chi connectivity index (χ1n) is 5.45. The lowest BCUT2D eigenvalue weighted by atomic mass is 10.1. The summed E-state index contributed by atoms with van der Waals surface area (Å²) in [7, 11) is 0. The highest BCUT2D eigenvalue weighted by atomic mass is 16.6. The van der Waals surface area contributed by atoms with Crippen LogP contribution < -0.4 is 0 Å². The maximum atomic E-state index is 9.86. The minimum absolute atomic E-state index is 0.244. The number of amidine groups is 1. The molecule has 3 rings (SSSR count). The van der Waals surface area contributed by atoms with Gasteiger partial charge in [0.15, 0.2) is 18.6 Å². The Bertz CT molecular complexity index is 396. The van der Waals surface area contributed by atoms with Crippen molar-refractivity contribution in [1.82, 2.24) is 4.90 Å². The van der Waals surface area contributed by atoms with Crippen LogP contribution in [0, 0.1) is 0 Å². The fraction of sp³-hybridized carbons (Fsp3) is 0.700. The summed E-state index contributed by atoms with van der Waals surface area (Å²) >= 11 is 0. The van der Waals surface area contributed by atoms with E-state index >= 15 is 0 Å². The Morgan fingerprint density at radius 3 is 2.94 bits per heavy atom. The molecule has 0 saturated carbocycles. The van der Waals surface area contributed by atoms with Crippen LogP contribution in [0.2, 0.25) is 0 Å². The zero-order valence-corrected chi connectivity index (χ0v) is 9.22. The second-order valence-electron chi connectivity index (χ2n) is 4.39. The highest BCUT2D eigenvalue weighted by molar-refractivity contribution is 5.79. The Morgan fingerprint density at radius 2 is 2.24 bits per heavy atom. The summed E-state index contributed by atoms with van der Waals surface area (Å²) in [6.07, 6.45) is -1.85. The van der Waals surface area contributed by atoms with Gasteiger partial charge in [0.1, 0.15) is 12.2 Å². The molecular formula is C10H14N2O5. The molecule has 5 atom stereocenters. The number of aliphatic hydroxyl groups excluding tert-OH is 3. The molecule has 0 radical (unpaired) electrons. The summed E-state index contributed by atoms with van der Waals surface area (Å²) in [6.45, 7) is 1.48. The molecule has 0 amide bonds. The van der Waals surface area contributed by atoms with Gasteiger partial charge in [-0.25, -0.2) is 0 Å². The number of rotatable bonds is 1. The Kier molecular flexibility index (Phi) is 2.37. The molecule has 0 aliphatic carbocycles. The molecule has 0 spiro atoms. The fourth-order valence-electron chi connectivity index (χ4n) is 2.23. The summed E-state index contributed by atoms with van der Waals surface area (Å²) in [5.41, 5.74) is 0.670. The highest BCUT2D eigenvalue weighted by Gasteiger charge is 2.54. The number of aliphatic imine (C=N–C) groups is 1. The van der Waals surface area contributed by atoms with Crippen LogP contribution in [0.1, 0.15) is 6.92 Å². The van der Waals surface area contributed by atoms with E-state index in [9.17, 15) is 10.2 Å². The third kappa shape index (κ3) is 1.47. The van der Waals surface area contributed by atoms with Crippen molar-refractivity contribution in [2.45, 2.75) is 37.7 Å². The second kappa shape index (κ2) is 3.67. The van der Waals surface area contributed by atoms with E-state index in [1.165, 1.54) is 0 Å². The number of fused-ring (bicyclic) bond motifs is 3. The number of nitrogens with zero attached hydrogens (tertiary/aromatic N) is 2. The first kappa shape index (κ1) is 11.0. The van der Waals surface area contributed by atoms with Gasteiger partial charge in [0, 0.05) is 6.20 Å². The zero-order valence-electron chi connectivity index (χ0n) is 9.22. The van der Waals surface area contributed by atoms with E-state index in [4.69, 9.17) is 14.6 Å². The van der Waals surface area contributed by atoms with Gasteiger partial charge >= 0.3 is 0 Å². The van der Waals surface area contributed by atoms with E-state index < -0.39 is 30.8 Å². The van der Waals surface area contributed by atoms with Crippen molar-refractivity contribution in [3.63, 3.8) is 0 Å². The van der Waals surface area contributed by atoms with Crippen molar-refractivity contribution < 1.29 is 24.8 Å². The monoisotopic (exact) mass is 242 g/mol. The molecule has 0 aromatic rings. The van der Waals surface area contributed by atoms with E-state index in [-0.39, 0.29) is 12.6 Å². The van der Waals surface area contributed by atoms with Gasteiger partial charge in [-0.2, -0.15) is 4.99 Å². The average molecular weight is 242 g/mol. The van der Waals surface area contributed by atoms with Crippen LogP contribution in [-0.4, -0.2) is 63.6 Å². The minimum Gasteiger partial charge on any atom is -0.454 e. The molecule has 7 nitrogen and oxygen atoms in total. The molecule has 3 heterocycles. The summed E-state index contributed by atoms with van der Waals surface area (Å²) in [6, 6.07) is 0.244. The van der Waals surface area contributed by atoms with Crippen molar-refractivity contribution >= 4 is 6.02 Å². The zero-order chi connectivity index (χ0) is 12.2. The Labute approximate surface area is 97.6 Å². The predicted molar refractivity (Wildman–Crippen MR) is 55.7 cm³/mol. The molecule has 3 aliphatic heterocycles. The number of hydrogen-bond acceptors (Lipinski definition) is 7. The molecule has 3 N–H and O–H groups in total. The largest absolute Gasteiger partial charge is 0.454 e. The van der Waals surface area contributed by atoms with E-state index in [0.29, 0.717) is 5.57 Å². The standard InChI is InChI=1S/C10H14N2O5/c1-4-2-12-9-7(6(14)5(3-13)16-9)17-10(12)11-8(4)15/h2,5-9,13-15H,3H2,1H3/t5-,6-,7+,8?,9-/m0/s1. The molecule has 0 aromatic carbocycles. The van der Waals surface area contributed by atoms with Crippen LogP contribution in [0.25, 0.3) is 0 Å². The van der Waals surface area contributed by atoms with Crippen molar-refractivity contribution in [2.24, 2.45) is 4.99 Å². The Hall–Kier alpha value is -1.15. The molecule has 2 fully saturated rings. The molecule has 3 aliphatic rings. The quantitative estimate of drug-likeness (QED) is 0.510. The summed E-state index contributed by atoms with van der Waals surface area (Å²) < 4.78 is 10.9. The molecule has 7 heteroatoms. The topological polar surface area (TPSA) is 94.8 Å². The summed E-state index contributed by atoms with van der Waals surface area (Å²) in [4.78, 5) is 5.58. The van der Waals surface area contributed by atoms with Crippen molar-refractivity contribution in [1.29, 1.82) is 0 Å². The van der Waals surface area contributed by atoms with Crippen LogP contribution in [0.15, 0.2) is 16.8 Å². The van der Waals surface area contributed by atoms with E-state index in [2.05, 4.69) is 4.99 Å². The van der Waals surface area contributed by atoms with Gasteiger partial charge in [-0.05, 0) is 12.5 Å². The fourth-order valence-corrected chi connectivity index (χ4v) is 2.23. The number of aliphatic hydroxyl groups is 3. The van der Waals surface area contributed by atoms with Crippen LogP contribution >= 0.6 is 0 Å². The van der Waals surface area contributed by atoms with Crippen LogP contribution in [0.5, 0.6) is 0 Å². The van der Waals surface area contributed by atoms with Crippen molar-refractivity contribution in [3.05, 3.63) is 11.8 Å². The van der Waals surface area contributed by atoms with Crippen molar-refractivity contribution in [3.8, 4) is 0 Å². The lowest BCUT2D eigenvalue weighted by molar-refractivity contribution is -0.0483. The lowest BCUT2D eigenvalue weighted by Gasteiger charge is -2.24. The van der Waals surface area contributed by atoms with Gasteiger partial charge in [0.2, 0.25) is 0 Å². The van der Waals surface area contributed by atoms with Gasteiger partial charge in [0.25, 0.3) is 6.02 Å². The van der Waals surface area contributed by atoms with Gasteiger partial charge in [0.05, 0.1) is 6.61 Å². The van der Waals surface area contributed by atoms with Gasteiger partial charge in [-0.1, -0.05) is 0 Å². The maximum absolute atomic E-state index is 9.86. The van der Waals surface area contributed by atoms with E-state index in [1.807, 2.05) is 0 Å². The third-order valence-electron chi connectivity index (χ3n) is 3.21. The molecule has 94 valence electrons. The summed E-state index contributed by atoms with van der Waals surface area (Å²) in [5.74, 6) is 0. The lowest BCUT2D eigenvalue weighted by Crippen LogP contribution is -2.36. The van der Waals surface area contributed by atoms with Gasteiger partial charge < -0.3 is 24.8 Å². The number of hydrogen-bond donors (Lipinski definition) is 3. The van der Waals surface area contributed by atoms with Crippen LogP contribution in [0.3, 0.4) is 0 Å². The molecule has 0 aromatic heterocycles. The second-order valence-corrected chi connectivity index (χ2v) is 4.39. The SMILES string of the molecule is CC1=CN2C(=NC1O)O[C@@H]1[C@@H](O)[C@H](CO)O[C@@H]12. The Balaban J connectivity index is 1.88. The molecule has 17 heavy (non-hydrogen) atoms. The van der Waals surface area contributed by atoms with Crippen LogP contribution in [0.4, 0.5) is 0 Å². The minimum atomic E-state index is -0.911. The molecule has 1 unspecified atom stereocenters. The van der Waals surface area contributed by atoms with Gasteiger partial charge in [-0.15, -0.1) is 0 Å². The predicted octanol–water partition coefficient (Wildman–Crippen LogP) is -1.64. The van der Waals surface area contributed by atoms with Crippen molar-refractivity contribution in [2.75, 3.05) is 6.61 Å². The molecule has 0 bridgehead atoms. The third-order valence-corrected chi connectivity index (χ3v) is 3.21. The average Bonchev–Trinajstić information content (AvgIpc) is 2.78. The first-order valence-corrected chi connectivity index (χ1v) is 5.45. The molecule has 2 saturated heterocycles. The summed E-state index contributed by atoms with van der Waals surface area (Å²) in [5, 5.41) is 28.4.